The molecule has 0 bridgehead atoms. The van der Waals surface area contributed by atoms with Crippen LogP contribution >= 0.6 is 0 Å². The number of rotatable bonds is 4. The Balaban J connectivity index is 1.92. The molecule has 1 aromatic carbocycles. The summed E-state index contributed by atoms with van der Waals surface area (Å²) >= 11 is 0. The highest BCUT2D eigenvalue weighted by Crippen LogP contribution is 2.22. The summed E-state index contributed by atoms with van der Waals surface area (Å²) in [7, 11) is 0. The second kappa shape index (κ2) is 6.16. The Labute approximate surface area is 118 Å². The number of nitrogens with zero attached hydrogens (tertiary/aromatic N) is 1. The Hall–Kier alpha value is -1.04. The van der Waals surface area contributed by atoms with Crippen LogP contribution < -0.4 is 5.73 Å². The van der Waals surface area contributed by atoms with Gasteiger partial charge in [0.15, 0.2) is 11.6 Å². The summed E-state index contributed by atoms with van der Waals surface area (Å²) in [6.07, 6.45) is 0.594. The average Bonchev–Trinajstić information content (AvgIpc) is 2.38. The van der Waals surface area contributed by atoms with E-state index in [0.29, 0.717) is 13.0 Å². The van der Waals surface area contributed by atoms with Crippen molar-refractivity contribution in [3.8, 4) is 0 Å². The average molecular weight is 284 g/mol. The molecule has 0 spiro atoms. The maximum Gasteiger partial charge on any atom is 0.163 e. The minimum Gasteiger partial charge on any atom is -0.373 e. The van der Waals surface area contributed by atoms with Crippen molar-refractivity contribution in [2.24, 2.45) is 5.73 Å². The smallest absolute Gasteiger partial charge is 0.163 e. The van der Waals surface area contributed by atoms with Gasteiger partial charge in [-0.25, -0.2) is 8.78 Å². The van der Waals surface area contributed by atoms with Crippen molar-refractivity contribution in [2.45, 2.75) is 31.9 Å². The fourth-order valence-corrected chi connectivity index (χ4v) is 2.59. The summed E-state index contributed by atoms with van der Waals surface area (Å²) in [6, 6.07) is 3.66. The van der Waals surface area contributed by atoms with Crippen molar-refractivity contribution in [2.75, 3.05) is 26.2 Å². The van der Waals surface area contributed by atoms with E-state index in [1.54, 1.807) is 6.07 Å². The van der Waals surface area contributed by atoms with E-state index in [1.165, 1.54) is 6.07 Å². The van der Waals surface area contributed by atoms with Crippen LogP contribution in [0.25, 0.3) is 0 Å². The van der Waals surface area contributed by atoms with E-state index in [-0.39, 0.29) is 11.2 Å². The summed E-state index contributed by atoms with van der Waals surface area (Å²) in [5.41, 5.74) is 6.07. The van der Waals surface area contributed by atoms with E-state index in [1.807, 2.05) is 13.8 Å². The van der Waals surface area contributed by atoms with Crippen molar-refractivity contribution >= 4 is 0 Å². The molecule has 0 saturated carbocycles. The third kappa shape index (κ3) is 3.75. The van der Waals surface area contributed by atoms with Crippen molar-refractivity contribution in [3.05, 3.63) is 35.4 Å². The van der Waals surface area contributed by atoms with Crippen molar-refractivity contribution < 1.29 is 13.5 Å². The summed E-state index contributed by atoms with van der Waals surface area (Å²) in [5, 5.41) is 0. The number of morpholine rings is 1. The zero-order chi connectivity index (χ0) is 14.8. The highest BCUT2D eigenvalue weighted by Gasteiger charge is 2.27. The summed E-state index contributed by atoms with van der Waals surface area (Å²) in [5.74, 6) is -1.67. The van der Waals surface area contributed by atoms with E-state index in [4.69, 9.17) is 10.5 Å². The lowest BCUT2D eigenvalue weighted by Crippen LogP contribution is -2.48. The van der Waals surface area contributed by atoms with Gasteiger partial charge in [-0.05, 0) is 26.3 Å². The zero-order valence-corrected chi connectivity index (χ0v) is 12.0. The van der Waals surface area contributed by atoms with Crippen LogP contribution in [-0.2, 0) is 4.74 Å². The quantitative estimate of drug-likeness (QED) is 0.923. The molecule has 0 amide bonds. The molecule has 1 aliphatic heterocycles. The molecule has 1 atom stereocenters. The molecule has 1 aliphatic rings. The Kier molecular flexibility index (Phi) is 4.73. The minimum atomic E-state index is -0.842. The van der Waals surface area contributed by atoms with Gasteiger partial charge in [-0.2, -0.15) is 0 Å². The summed E-state index contributed by atoms with van der Waals surface area (Å²) < 4.78 is 32.5. The van der Waals surface area contributed by atoms with Gasteiger partial charge in [0.25, 0.3) is 0 Å². The predicted molar refractivity (Wildman–Crippen MR) is 74.4 cm³/mol. The molecule has 1 heterocycles. The molecule has 2 rings (SSSR count). The predicted octanol–water partition coefficient (Wildman–Crippen LogP) is 2.47. The van der Waals surface area contributed by atoms with Gasteiger partial charge in [0.2, 0.25) is 0 Å². The molecule has 3 nitrogen and oxygen atoms in total. The van der Waals surface area contributed by atoms with Crippen molar-refractivity contribution in [1.29, 1.82) is 0 Å². The monoisotopic (exact) mass is 284 g/mol. The van der Waals surface area contributed by atoms with Gasteiger partial charge >= 0.3 is 0 Å². The molecule has 0 aromatic heterocycles. The molecule has 0 radical (unpaired) electrons. The fraction of sp³-hybridized carbons (Fsp3) is 0.600. The summed E-state index contributed by atoms with van der Waals surface area (Å²) in [4.78, 5) is 2.25. The first-order chi connectivity index (χ1) is 9.39. The number of halogens is 2. The van der Waals surface area contributed by atoms with Gasteiger partial charge in [0.1, 0.15) is 0 Å². The largest absolute Gasteiger partial charge is 0.373 e. The number of nitrogens with two attached hydrogens (primary N) is 1. The van der Waals surface area contributed by atoms with Gasteiger partial charge in [-0.15, -0.1) is 0 Å². The third-order valence-corrected chi connectivity index (χ3v) is 3.64. The highest BCUT2D eigenvalue weighted by atomic mass is 19.2. The summed E-state index contributed by atoms with van der Waals surface area (Å²) in [6.45, 7) is 7.21. The molecule has 1 unspecified atom stereocenters. The molecule has 5 heteroatoms. The first-order valence-electron chi connectivity index (χ1n) is 6.95. The second-order valence-corrected chi connectivity index (χ2v) is 5.92. The molecule has 2 N–H and O–H groups in total. The van der Waals surface area contributed by atoms with Crippen LogP contribution in [0.3, 0.4) is 0 Å². The maximum absolute atomic E-state index is 13.7. The van der Waals surface area contributed by atoms with Crippen LogP contribution in [0.5, 0.6) is 0 Å². The number of ether oxygens (including phenoxy) is 1. The van der Waals surface area contributed by atoms with Crippen LogP contribution in [0.15, 0.2) is 18.2 Å². The zero-order valence-electron chi connectivity index (χ0n) is 12.0. The number of benzene rings is 1. The van der Waals surface area contributed by atoms with Crippen LogP contribution in [0.4, 0.5) is 8.78 Å². The fourth-order valence-electron chi connectivity index (χ4n) is 2.59. The highest BCUT2D eigenvalue weighted by molar-refractivity contribution is 5.22. The Morgan fingerprint density at radius 3 is 2.85 bits per heavy atom. The topological polar surface area (TPSA) is 38.5 Å². The van der Waals surface area contributed by atoms with Crippen LogP contribution in [0.2, 0.25) is 0 Å². The second-order valence-electron chi connectivity index (χ2n) is 5.92. The van der Waals surface area contributed by atoms with E-state index in [9.17, 15) is 8.78 Å². The molecule has 0 aliphatic carbocycles. The molecular formula is C15H22F2N2O. The normalized spacial score (nSPS) is 20.9. The van der Waals surface area contributed by atoms with Gasteiger partial charge in [0, 0.05) is 31.2 Å². The third-order valence-electron chi connectivity index (χ3n) is 3.64. The van der Waals surface area contributed by atoms with Gasteiger partial charge < -0.3 is 10.5 Å². The van der Waals surface area contributed by atoms with Crippen molar-refractivity contribution in [3.63, 3.8) is 0 Å². The lowest BCUT2D eigenvalue weighted by atomic mass is 10.0. The van der Waals surface area contributed by atoms with Crippen LogP contribution in [-0.4, -0.2) is 36.7 Å². The standard InChI is InChI=1S/C15H22F2N2O/c1-15(2)10-19(8-9-20-15)7-6-13(18)11-4-3-5-12(16)14(11)17/h3-5,13H,6-10,18H2,1-2H3. The van der Waals surface area contributed by atoms with Crippen LogP contribution in [0, 0.1) is 11.6 Å². The van der Waals surface area contributed by atoms with E-state index >= 15 is 0 Å². The van der Waals surface area contributed by atoms with Crippen molar-refractivity contribution in [1.82, 2.24) is 4.90 Å². The Morgan fingerprint density at radius 2 is 2.15 bits per heavy atom. The van der Waals surface area contributed by atoms with E-state index in [2.05, 4.69) is 4.90 Å². The first kappa shape index (κ1) is 15.4. The maximum atomic E-state index is 13.7. The molecule has 112 valence electrons. The lowest BCUT2D eigenvalue weighted by molar-refractivity contribution is -0.0863. The van der Waals surface area contributed by atoms with E-state index < -0.39 is 17.7 Å². The molecule has 1 saturated heterocycles. The Bertz CT molecular complexity index is 465. The number of hydrogen-bond acceptors (Lipinski definition) is 3. The number of hydrogen-bond donors (Lipinski definition) is 1. The molecule has 1 fully saturated rings. The van der Waals surface area contributed by atoms with Gasteiger partial charge in [-0.1, -0.05) is 12.1 Å². The lowest BCUT2D eigenvalue weighted by Gasteiger charge is -2.38. The molecular weight excluding hydrogens is 262 g/mol. The van der Waals surface area contributed by atoms with Crippen LogP contribution in [0.1, 0.15) is 31.9 Å². The van der Waals surface area contributed by atoms with E-state index in [0.717, 1.165) is 25.7 Å². The Morgan fingerprint density at radius 1 is 1.40 bits per heavy atom. The first-order valence-corrected chi connectivity index (χ1v) is 6.95. The SMILES string of the molecule is CC1(C)CN(CCC(N)c2cccc(F)c2F)CCO1. The minimum absolute atomic E-state index is 0.160. The molecule has 20 heavy (non-hydrogen) atoms. The van der Waals surface area contributed by atoms with Gasteiger partial charge in [-0.3, -0.25) is 4.90 Å². The molecule has 1 aromatic rings. The van der Waals surface area contributed by atoms with Gasteiger partial charge in [0.05, 0.1) is 12.2 Å².